The maximum Gasteiger partial charge on any atom is 0.243 e. The van der Waals surface area contributed by atoms with Gasteiger partial charge in [0.25, 0.3) is 0 Å². The van der Waals surface area contributed by atoms with Gasteiger partial charge in [0.05, 0.1) is 13.1 Å². The Kier molecular flexibility index (Phi) is 7.27. The molecular weight excluding hydrogens is 416 g/mol. The number of piperidine rings is 1. The molecule has 3 amide bonds. The Morgan fingerprint density at radius 3 is 2.39 bits per heavy atom. The highest BCUT2D eigenvalue weighted by molar-refractivity contribution is 5.98. The number of carbonyl (C=O) groups excluding carboxylic acids is 3. The molecule has 2 aromatic carbocycles. The molecule has 2 aliphatic rings. The minimum absolute atomic E-state index is 0.0534. The van der Waals surface area contributed by atoms with Gasteiger partial charge in [0.15, 0.2) is 0 Å². The molecule has 2 heterocycles. The highest BCUT2D eigenvalue weighted by atomic mass is 16.2. The Labute approximate surface area is 195 Å². The minimum Gasteiger partial charge on any atom is -0.353 e. The van der Waals surface area contributed by atoms with Gasteiger partial charge in [-0.2, -0.15) is 0 Å². The number of nitrogens with zero attached hydrogens (tertiary/aromatic N) is 3. The molecule has 1 N–H and O–H groups in total. The third kappa shape index (κ3) is 5.92. The summed E-state index contributed by atoms with van der Waals surface area (Å²) in [4.78, 5) is 43.4. The topological polar surface area (TPSA) is 73.0 Å². The van der Waals surface area contributed by atoms with Crippen LogP contribution in [0.15, 0.2) is 48.5 Å². The quantitative estimate of drug-likeness (QED) is 0.703. The van der Waals surface area contributed by atoms with E-state index in [0.29, 0.717) is 18.7 Å². The van der Waals surface area contributed by atoms with Gasteiger partial charge in [-0.1, -0.05) is 23.8 Å². The first-order chi connectivity index (χ1) is 16.0. The van der Waals surface area contributed by atoms with E-state index >= 15 is 0 Å². The molecule has 2 saturated heterocycles. The van der Waals surface area contributed by atoms with Crippen molar-refractivity contribution in [3.8, 4) is 0 Å². The molecule has 0 unspecified atom stereocenters. The zero-order valence-corrected chi connectivity index (χ0v) is 19.3. The van der Waals surface area contributed by atoms with Gasteiger partial charge >= 0.3 is 0 Å². The number of likely N-dealkylation sites (tertiary alicyclic amines) is 1. The number of hydrogen-bond acceptors (Lipinski definition) is 4. The number of amides is 3. The molecule has 2 aromatic rings. The lowest BCUT2D eigenvalue weighted by molar-refractivity contribution is -0.130. The van der Waals surface area contributed by atoms with E-state index in [1.54, 1.807) is 4.90 Å². The van der Waals surface area contributed by atoms with Crippen LogP contribution in [-0.4, -0.2) is 55.3 Å². The fourth-order valence-corrected chi connectivity index (χ4v) is 4.45. The highest BCUT2D eigenvalue weighted by Gasteiger charge is 2.23. The summed E-state index contributed by atoms with van der Waals surface area (Å²) < 4.78 is 0. The monoisotopic (exact) mass is 448 g/mol. The first-order valence-electron chi connectivity index (χ1n) is 11.8. The smallest absolute Gasteiger partial charge is 0.243 e. The summed E-state index contributed by atoms with van der Waals surface area (Å²) in [6.45, 7) is 4.52. The van der Waals surface area contributed by atoms with Crippen molar-refractivity contribution in [3.05, 3.63) is 54.1 Å². The van der Waals surface area contributed by atoms with Crippen LogP contribution in [0.5, 0.6) is 0 Å². The van der Waals surface area contributed by atoms with Crippen molar-refractivity contribution in [2.75, 3.05) is 47.8 Å². The first-order valence-corrected chi connectivity index (χ1v) is 11.8. The maximum absolute atomic E-state index is 13.0. The van der Waals surface area contributed by atoms with E-state index in [1.165, 1.54) is 0 Å². The molecule has 33 heavy (non-hydrogen) atoms. The molecule has 2 aliphatic heterocycles. The van der Waals surface area contributed by atoms with E-state index in [1.807, 2.05) is 65.3 Å². The predicted molar refractivity (Wildman–Crippen MR) is 130 cm³/mol. The second kappa shape index (κ2) is 10.5. The van der Waals surface area contributed by atoms with Gasteiger partial charge in [0, 0.05) is 43.1 Å². The summed E-state index contributed by atoms with van der Waals surface area (Å²) in [5.74, 6) is -0.0372. The lowest BCUT2D eigenvalue weighted by Gasteiger charge is -2.30. The van der Waals surface area contributed by atoms with E-state index in [2.05, 4.69) is 5.32 Å². The number of benzene rings is 2. The van der Waals surface area contributed by atoms with E-state index in [0.717, 1.165) is 55.7 Å². The van der Waals surface area contributed by atoms with E-state index in [4.69, 9.17) is 0 Å². The molecule has 0 spiro atoms. The number of anilines is 3. The number of aryl methyl sites for hydroxylation is 1. The van der Waals surface area contributed by atoms with Gasteiger partial charge in [0.1, 0.15) is 0 Å². The van der Waals surface area contributed by atoms with Gasteiger partial charge in [-0.3, -0.25) is 14.4 Å². The molecular formula is C26H32N4O3. The van der Waals surface area contributed by atoms with Crippen LogP contribution in [0.3, 0.4) is 0 Å². The Balaban J connectivity index is 1.45. The van der Waals surface area contributed by atoms with Crippen LogP contribution in [0.4, 0.5) is 17.1 Å². The second-order valence-electron chi connectivity index (χ2n) is 8.88. The SMILES string of the molecule is Cc1ccc(N(CC(=O)Nc2cccc(N3CCCC3=O)c2)CC(=O)N2CCCCC2)cc1. The van der Waals surface area contributed by atoms with Crippen LogP contribution < -0.4 is 15.1 Å². The van der Waals surface area contributed by atoms with Crippen molar-refractivity contribution in [1.82, 2.24) is 4.90 Å². The van der Waals surface area contributed by atoms with Crippen LogP contribution in [0.2, 0.25) is 0 Å². The fraction of sp³-hybridized carbons (Fsp3) is 0.423. The van der Waals surface area contributed by atoms with Crippen LogP contribution >= 0.6 is 0 Å². The largest absolute Gasteiger partial charge is 0.353 e. The molecule has 0 radical (unpaired) electrons. The summed E-state index contributed by atoms with van der Waals surface area (Å²) in [6, 6.07) is 15.2. The molecule has 0 aliphatic carbocycles. The Hall–Kier alpha value is -3.35. The molecule has 7 heteroatoms. The van der Waals surface area contributed by atoms with E-state index in [-0.39, 0.29) is 30.8 Å². The van der Waals surface area contributed by atoms with E-state index < -0.39 is 0 Å². The van der Waals surface area contributed by atoms with Crippen LogP contribution in [0.25, 0.3) is 0 Å². The van der Waals surface area contributed by atoms with Crippen LogP contribution in [0.1, 0.15) is 37.7 Å². The third-order valence-corrected chi connectivity index (χ3v) is 6.28. The highest BCUT2D eigenvalue weighted by Crippen LogP contribution is 2.24. The Bertz CT molecular complexity index is 999. The molecule has 7 nitrogen and oxygen atoms in total. The van der Waals surface area contributed by atoms with Gasteiger partial charge in [0.2, 0.25) is 17.7 Å². The van der Waals surface area contributed by atoms with Crippen molar-refractivity contribution < 1.29 is 14.4 Å². The minimum atomic E-state index is -0.202. The summed E-state index contributed by atoms with van der Waals surface area (Å²) >= 11 is 0. The molecule has 4 rings (SSSR count). The van der Waals surface area contributed by atoms with Gasteiger partial charge in [-0.15, -0.1) is 0 Å². The summed E-state index contributed by atoms with van der Waals surface area (Å²) in [6.07, 6.45) is 4.65. The number of hydrogen-bond donors (Lipinski definition) is 1. The van der Waals surface area contributed by atoms with Crippen LogP contribution in [0, 0.1) is 6.92 Å². The molecule has 0 saturated carbocycles. The maximum atomic E-state index is 13.0. The molecule has 0 atom stereocenters. The third-order valence-electron chi connectivity index (χ3n) is 6.28. The fourth-order valence-electron chi connectivity index (χ4n) is 4.45. The second-order valence-corrected chi connectivity index (χ2v) is 8.88. The van der Waals surface area contributed by atoms with E-state index in [9.17, 15) is 14.4 Å². The van der Waals surface area contributed by atoms with Crippen molar-refractivity contribution in [2.24, 2.45) is 0 Å². The van der Waals surface area contributed by atoms with Crippen molar-refractivity contribution in [3.63, 3.8) is 0 Å². The van der Waals surface area contributed by atoms with Crippen molar-refractivity contribution in [1.29, 1.82) is 0 Å². The molecule has 2 fully saturated rings. The van der Waals surface area contributed by atoms with Crippen molar-refractivity contribution >= 4 is 34.8 Å². The zero-order valence-electron chi connectivity index (χ0n) is 19.3. The summed E-state index contributed by atoms with van der Waals surface area (Å²) in [5, 5.41) is 2.94. The average Bonchev–Trinajstić information content (AvgIpc) is 3.25. The lowest BCUT2D eigenvalue weighted by atomic mass is 10.1. The van der Waals surface area contributed by atoms with Gasteiger partial charge in [-0.25, -0.2) is 0 Å². The number of nitrogens with one attached hydrogen (secondary N) is 1. The average molecular weight is 449 g/mol. The normalized spacial score (nSPS) is 16.1. The van der Waals surface area contributed by atoms with Crippen molar-refractivity contribution in [2.45, 2.75) is 39.0 Å². The number of carbonyl (C=O) groups is 3. The molecule has 0 aromatic heterocycles. The predicted octanol–water partition coefficient (Wildman–Crippen LogP) is 3.58. The van der Waals surface area contributed by atoms with Gasteiger partial charge in [-0.05, 0) is 62.9 Å². The Morgan fingerprint density at radius 1 is 0.939 bits per heavy atom. The Morgan fingerprint density at radius 2 is 1.70 bits per heavy atom. The standard InChI is InChI=1S/C26H32N4O3/c1-20-10-12-22(13-11-20)29(19-26(33)28-14-3-2-4-15-28)18-24(31)27-21-7-5-8-23(17-21)30-16-6-9-25(30)32/h5,7-8,10-13,17H,2-4,6,9,14-16,18-19H2,1H3,(H,27,31). The summed E-state index contributed by atoms with van der Waals surface area (Å²) in [7, 11) is 0. The first kappa shape index (κ1) is 22.8. The molecule has 174 valence electrons. The van der Waals surface area contributed by atoms with Crippen LogP contribution in [-0.2, 0) is 14.4 Å². The number of rotatable bonds is 7. The summed E-state index contributed by atoms with van der Waals surface area (Å²) in [5.41, 5.74) is 3.41. The molecule has 0 bridgehead atoms. The zero-order chi connectivity index (χ0) is 23.2. The van der Waals surface area contributed by atoms with Gasteiger partial charge < -0.3 is 20.0 Å². The lowest BCUT2D eigenvalue weighted by Crippen LogP contribution is -2.45.